The highest BCUT2D eigenvalue weighted by Gasteiger charge is 2.47. The summed E-state index contributed by atoms with van der Waals surface area (Å²) in [6.45, 7) is 6.07. The van der Waals surface area contributed by atoms with Crippen LogP contribution in [0.1, 0.15) is 49.7 Å². The van der Waals surface area contributed by atoms with E-state index in [9.17, 15) is 4.79 Å². The summed E-state index contributed by atoms with van der Waals surface area (Å²) in [5.41, 5.74) is 2.74. The minimum atomic E-state index is -0.181. The van der Waals surface area contributed by atoms with Crippen LogP contribution in [0.3, 0.4) is 0 Å². The zero-order valence-electron chi connectivity index (χ0n) is 13.7. The summed E-state index contributed by atoms with van der Waals surface area (Å²) in [6, 6.07) is 6.53. The lowest BCUT2D eigenvalue weighted by atomic mass is 9.54. The molecular formula is C20H26O2. The van der Waals surface area contributed by atoms with Crippen molar-refractivity contribution in [2.24, 2.45) is 17.3 Å². The van der Waals surface area contributed by atoms with Gasteiger partial charge >= 0.3 is 0 Å². The van der Waals surface area contributed by atoms with E-state index in [1.807, 2.05) is 6.08 Å². The van der Waals surface area contributed by atoms with Crippen LogP contribution in [-0.2, 0) is 11.2 Å². The Morgan fingerprint density at radius 2 is 2.23 bits per heavy atom. The standard InChI is InChI=1S/C20H26O2/c1-4-5-19-18-8-6-14-12-15(22-3)7-9-16(14)17(18)10-11-20(19,2)13-21/h4,7,9,12-13,17-19H,1,5-6,8,10-11H2,2-3H3/t17-,18-,19+,20+/m1/s1. The minimum absolute atomic E-state index is 0.181. The normalized spacial score (nSPS) is 33.5. The van der Waals surface area contributed by atoms with Crippen LogP contribution in [0.25, 0.3) is 0 Å². The van der Waals surface area contributed by atoms with Crippen LogP contribution < -0.4 is 4.74 Å². The van der Waals surface area contributed by atoms with E-state index in [-0.39, 0.29) is 5.41 Å². The first-order chi connectivity index (χ1) is 10.6. The quantitative estimate of drug-likeness (QED) is 0.603. The molecule has 1 saturated carbocycles. The van der Waals surface area contributed by atoms with Gasteiger partial charge < -0.3 is 9.53 Å². The molecule has 1 aromatic rings. The number of methoxy groups -OCH3 is 1. The number of allylic oxidation sites excluding steroid dienone is 1. The van der Waals surface area contributed by atoms with Gasteiger partial charge in [-0.15, -0.1) is 6.58 Å². The lowest BCUT2D eigenvalue weighted by Gasteiger charge is -2.49. The smallest absolute Gasteiger partial charge is 0.126 e. The predicted octanol–water partition coefficient (Wildman–Crippen LogP) is 4.53. The van der Waals surface area contributed by atoms with Gasteiger partial charge in [0, 0.05) is 5.41 Å². The van der Waals surface area contributed by atoms with Gasteiger partial charge in [0.15, 0.2) is 0 Å². The van der Waals surface area contributed by atoms with E-state index >= 15 is 0 Å². The van der Waals surface area contributed by atoms with E-state index in [0.29, 0.717) is 17.8 Å². The lowest BCUT2D eigenvalue weighted by molar-refractivity contribution is -0.122. The van der Waals surface area contributed by atoms with Crippen LogP contribution >= 0.6 is 0 Å². The summed E-state index contributed by atoms with van der Waals surface area (Å²) < 4.78 is 5.37. The highest BCUT2D eigenvalue weighted by molar-refractivity contribution is 5.60. The molecule has 2 nitrogen and oxygen atoms in total. The Kier molecular flexibility index (Phi) is 4.12. The molecule has 1 aromatic carbocycles. The van der Waals surface area contributed by atoms with E-state index in [1.54, 1.807) is 7.11 Å². The summed E-state index contributed by atoms with van der Waals surface area (Å²) in [4.78, 5) is 11.7. The number of carbonyl (C=O) groups excluding carboxylic acids is 1. The Morgan fingerprint density at radius 3 is 2.91 bits per heavy atom. The van der Waals surface area contributed by atoms with Crippen molar-refractivity contribution in [3.8, 4) is 5.75 Å². The van der Waals surface area contributed by atoms with E-state index in [1.165, 1.54) is 23.8 Å². The van der Waals surface area contributed by atoms with E-state index in [0.717, 1.165) is 31.4 Å². The van der Waals surface area contributed by atoms with Crippen LogP contribution in [0.15, 0.2) is 30.9 Å². The molecule has 2 heteroatoms. The summed E-state index contributed by atoms with van der Waals surface area (Å²) in [5.74, 6) is 2.57. The Labute approximate surface area is 133 Å². The molecule has 0 unspecified atom stereocenters. The molecule has 0 bridgehead atoms. The van der Waals surface area contributed by atoms with Crippen LogP contribution in [0.2, 0.25) is 0 Å². The lowest BCUT2D eigenvalue weighted by Crippen LogP contribution is -2.43. The molecule has 0 aliphatic heterocycles. The maximum atomic E-state index is 11.7. The summed E-state index contributed by atoms with van der Waals surface area (Å²) in [6.07, 6.45) is 8.53. The number of benzene rings is 1. The third kappa shape index (κ3) is 2.39. The second kappa shape index (κ2) is 5.91. The van der Waals surface area contributed by atoms with Crippen LogP contribution in [0.4, 0.5) is 0 Å². The zero-order valence-corrected chi connectivity index (χ0v) is 13.7. The molecule has 3 rings (SSSR count). The second-order valence-corrected chi connectivity index (χ2v) is 7.17. The fourth-order valence-corrected chi connectivity index (χ4v) is 4.80. The molecule has 1 fully saturated rings. The number of fused-ring (bicyclic) bond motifs is 3. The first-order valence-corrected chi connectivity index (χ1v) is 8.37. The number of hydrogen-bond acceptors (Lipinski definition) is 2. The van der Waals surface area contributed by atoms with Crippen molar-refractivity contribution in [2.75, 3.05) is 7.11 Å². The fourth-order valence-electron chi connectivity index (χ4n) is 4.80. The van der Waals surface area contributed by atoms with Crippen LogP contribution in [0, 0.1) is 17.3 Å². The van der Waals surface area contributed by atoms with E-state index in [2.05, 4.69) is 31.7 Å². The monoisotopic (exact) mass is 298 g/mol. The molecule has 0 aromatic heterocycles. The maximum Gasteiger partial charge on any atom is 0.126 e. The molecule has 2 aliphatic carbocycles. The molecule has 0 saturated heterocycles. The molecule has 0 spiro atoms. The van der Waals surface area contributed by atoms with Gasteiger partial charge in [-0.25, -0.2) is 0 Å². The average molecular weight is 298 g/mol. The topological polar surface area (TPSA) is 26.3 Å². The summed E-state index contributed by atoms with van der Waals surface area (Å²) in [5, 5.41) is 0. The Bertz CT molecular complexity index is 577. The second-order valence-electron chi connectivity index (χ2n) is 7.17. The molecule has 22 heavy (non-hydrogen) atoms. The summed E-state index contributed by atoms with van der Waals surface area (Å²) >= 11 is 0. The van der Waals surface area contributed by atoms with Gasteiger partial charge in [-0.3, -0.25) is 0 Å². The van der Waals surface area contributed by atoms with E-state index < -0.39 is 0 Å². The predicted molar refractivity (Wildman–Crippen MR) is 89.3 cm³/mol. The number of rotatable bonds is 4. The van der Waals surface area contributed by atoms with Crippen molar-refractivity contribution < 1.29 is 9.53 Å². The molecular weight excluding hydrogens is 272 g/mol. The number of aldehydes is 1. The molecule has 0 N–H and O–H groups in total. The maximum absolute atomic E-state index is 11.7. The van der Waals surface area contributed by atoms with Crippen molar-refractivity contribution >= 4 is 6.29 Å². The fraction of sp³-hybridized carbons (Fsp3) is 0.550. The number of hydrogen-bond donors (Lipinski definition) is 0. The third-order valence-electron chi connectivity index (χ3n) is 6.06. The highest BCUT2D eigenvalue weighted by atomic mass is 16.5. The SMILES string of the molecule is C=CC[C@H]1[C@@H]2CCc3cc(OC)ccc3[C@H]2CC[C@@]1(C)C=O. The van der Waals surface area contributed by atoms with Crippen molar-refractivity contribution in [3.05, 3.63) is 42.0 Å². The number of carbonyl (C=O) groups is 1. The molecule has 0 heterocycles. The van der Waals surface area contributed by atoms with Gasteiger partial charge in [0.05, 0.1) is 7.11 Å². The Morgan fingerprint density at radius 1 is 1.41 bits per heavy atom. The molecule has 0 radical (unpaired) electrons. The Hall–Kier alpha value is -1.57. The van der Waals surface area contributed by atoms with Crippen molar-refractivity contribution in [3.63, 3.8) is 0 Å². The first kappa shape index (κ1) is 15.3. The van der Waals surface area contributed by atoms with Gasteiger partial charge in [0.25, 0.3) is 0 Å². The number of ether oxygens (including phenoxy) is 1. The highest BCUT2D eigenvalue weighted by Crippen LogP contribution is 2.55. The van der Waals surface area contributed by atoms with Crippen molar-refractivity contribution in [1.29, 1.82) is 0 Å². The van der Waals surface area contributed by atoms with Crippen molar-refractivity contribution in [2.45, 2.75) is 44.9 Å². The third-order valence-corrected chi connectivity index (χ3v) is 6.06. The average Bonchev–Trinajstić information content (AvgIpc) is 2.56. The Balaban J connectivity index is 1.96. The zero-order chi connectivity index (χ0) is 15.7. The van der Waals surface area contributed by atoms with Gasteiger partial charge in [-0.05, 0) is 73.1 Å². The van der Waals surface area contributed by atoms with Crippen molar-refractivity contribution in [1.82, 2.24) is 0 Å². The van der Waals surface area contributed by atoms with E-state index in [4.69, 9.17) is 4.74 Å². The molecule has 118 valence electrons. The van der Waals surface area contributed by atoms with Gasteiger partial charge in [0.2, 0.25) is 0 Å². The van der Waals surface area contributed by atoms with Gasteiger partial charge in [-0.2, -0.15) is 0 Å². The van der Waals surface area contributed by atoms with Crippen LogP contribution in [0.5, 0.6) is 5.75 Å². The van der Waals surface area contributed by atoms with Gasteiger partial charge in [0.1, 0.15) is 12.0 Å². The minimum Gasteiger partial charge on any atom is -0.497 e. The largest absolute Gasteiger partial charge is 0.497 e. The number of aryl methyl sites for hydroxylation is 1. The van der Waals surface area contributed by atoms with Crippen LogP contribution in [-0.4, -0.2) is 13.4 Å². The molecule has 4 atom stereocenters. The molecule has 0 amide bonds. The first-order valence-electron chi connectivity index (χ1n) is 8.37. The summed E-state index contributed by atoms with van der Waals surface area (Å²) in [7, 11) is 1.73. The molecule has 2 aliphatic rings. The van der Waals surface area contributed by atoms with Gasteiger partial charge in [-0.1, -0.05) is 19.1 Å².